The fraction of sp³-hybridized carbons (Fsp3) is 0.290. The minimum atomic E-state index is -0.602. The average molecular weight is 540 g/mol. The van der Waals surface area contributed by atoms with Crippen LogP contribution in [0.4, 0.5) is 14.7 Å². The maximum absolute atomic E-state index is 14.2. The van der Waals surface area contributed by atoms with Gasteiger partial charge in [0.15, 0.2) is 0 Å². The first-order valence-corrected chi connectivity index (χ1v) is 13.4. The Morgan fingerprint density at radius 1 is 0.925 bits per heavy atom. The summed E-state index contributed by atoms with van der Waals surface area (Å²) in [5, 5.41) is 4.23. The van der Waals surface area contributed by atoms with Gasteiger partial charge in [-0.3, -0.25) is 4.68 Å². The molecule has 1 aliphatic rings. The molecule has 0 radical (unpaired) electrons. The zero-order chi connectivity index (χ0) is 27.9. The summed E-state index contributed by atoms with van der Waals surface area (Å²) in [4.78, 5) is 19.0. The van der Waals surface area contributed by atoms with E-state index in [0.717, 1.165) is 53.1 Å². The molecule has 0 saturated carbocycles. The number of hydrogen-bond donors (Lipinski definition) is 1. The highest BCUT2D eigenvalue weighted by Gasteiger charge is 2.29. The molecule has 6 rings (SSSR count). The Kier molecular flexibility index (Phi) is 6.65. The van der Waals surface area contributed by atoms with Gasteiger partial charge in [-0.25, -0.2) is 23.7 Å². The quantitative estimate of drug-likeness (QED) is 0.249. The van der Waals surface area contributed by atoms with Crippen LogP contribution < -0.4 is 4.90 Å². The van der Waals surface area contributed by atoms with Gasteiger partial charge in [0.25, 0.3) is 0 Å². The van der Waals surface area contributed by atoms with Crippen molar-refractivity contribution in [2.24, 2.45) is 12.5 Å². The van der Waals surface area contributed by atoms with E-state index in [9.17, 15) is 8.78 Å². The molecule has 9 heteroatoms. The van der Waals surface area contributed by atoms with Crippen molar-refractivity contribution >= 4 is 22.6 Å². The molecular formula is C31H31F2N7. The molecule has 0 atom stereocenters. The molecule has 204 valence electrons. The average Bonchev–Trinajstić information content (AvgIpc) is 3.56. The Hall–Kier alpha value is -4.40. The van der Waals surface area contributed by atoms with E-state index in [0.29, 0.717) is 18.1 Å². The van der Waals surface area contributed by atoms with E-state index in [2.05, 4.69) is 41.0 Å². The third-order valence-corrected chi connectivity index (χ3v) is 7.58. The third-order valence-electron chi connectivity index (χ3n) is 7.58. The topological polar surface area (TPSA) is 75.5 Å². The summed E-state index contributed by atoms with van der Waals surface area (Å²) in [7, 11) is 1.86. The number of allylic oxidation sites excluding steroid dienone is 1. The second-order valence-corrected chi connectivity index (χ2v) is 11.4. The molecule has 3 heterocycles. The number of H-pyrrole nitrogens is 1. The van der Waals surface area contributed by atoms with Crippen molar-refractivity contribution in [2.75, 3.05) is 11.4 Å². The molecule has 3 aromatic heterocycles. The Bertz CT molecular complexity index is 1680. The number of rotatable bonds is 7. The summed E-state index contributed by atoms with van der Waals surface area (Å²) in [6.45, 7) is 5.36. The monoisotopic (exact) mass is 539 g/mol. The van der Waals surface area contributed by atoms with Crippen LogP contribution in [0.2, 0.25) is 0 Å². The van der Waals surface area contributed by atoms with Gasteiger partial charge in [-0.15, -0.1) is 0 Å². The number of aryl methyl sites for hydroxylation is 1. The number of hydrogen-bond acceptors (Lipinski definition) is 5. The molecule has 0 fully saturated rings. The second-order valence-electron chi connectivity index (χ2n) is 11.4. The smallest absolute Gasteiger partial charge is 0.225 e. The lowest BCUT2D eigenvalue weighted by Gasteiger charge is -2.36. The van der Waals surface area contributed by atoms with Crippen LogP contribution in [0.25, 0.3) is 27.7 Å². The third kappa shape index (κ3) is 5.50. The molecule has 0 bridgehead atoms. The largest absolute Gasteiger partial charge is 0.345 e. The zero-order valence-corrected chi connectivity index (χ0v) is 22.8. The molecule has 2 aromatic carbocycles. The molecule has 1 aliphatic carbocycles. The number of imidazole rings is 1. The standard InChI is InChI=1S/C31H31F2N7/c1-31(2)7-6-27(21-4-5-28-29(10-21)37-19-36-28)22(12-31)18-40(16-20-8-25(32)11-26(33)9-20)30-34-13-23(14-35-30)24-15-38-39(3)17-24/h4-5,8-11,13-15,17,19H,6-7,12,16,18H2,1-3H3,(H,36,37). The maximum atomic E-state index is 14.2. The van der Waals surface area contributed by atoms with Gasteiger partial charge in [0.2, 0.25) is 5.95 Å². The van der Waals surface area contributed by atoms with Crippen LogP contribution >= 0.6 is 0 Å². The van der Waals surface area contributed by atoms with Crippen LogP contribution in [0.1, 0.15) is 44.2 Å². The number of fused-ring (bicyclic) bond motifs is 1. The van der Waals surface area contributed by atoms with Crippen LogP contribution in [-0.4, -0.2) is 36.3 Å². The molecule has 1 N–H and O–H groups in total. The summed E-state index contributed by atoms with van der Waals surface area (Å²) in [5.41, 5.74) is 8.06. The van der Waals surface area contributed by atoms with Crippen molar-refractivity contribution in [1.29, 1.82) is 0 Å². The van der Waals surface area contributed by atoms with Crippen molar-refractivity contribution in [2.45, 2.75) is 39.7 Å². The number of nitrogens with zero attached hydrogens (tertiary/aromatic N) is 6. The zero-order valence-electron chi connectivity index (χ0n) is 22.8. The highest BCUT2D eigenvalue weighted by Crippen LogP contribution is 2.43. The molecule has 40 heavy (non-hydrogen) atoms. The number of anilines is 1. The minimum Gasteiger partial charge on any atom is -0.345 e. The van der Waals surface area contributed by atoms with E-state index in [1.54, 1.807) is 29.6 Å². The molecule has 7 nitrogen and oxygen atoms in total. The summed E-state index contributed by atoms with van der Waals surface area (Å²) in [6.07, 6.45) is 11.8. The molecular weight excluding hydrogens is 508 g/mol. The second kappa shape index (κ2) is 10.3. The number of halogens is 2. The minimum absolute atomic E-state index is 0.124. The van der Waals surface area contributed by atoms with E-state index in [-0.39, 0.29) is 12.0 Å². The van der Waals surface area contributed by atoms with Gasteiger partial charge >= 0.3 is 0 Å². The van der Waals surface area contributed by atoms with Crippen LogP contribution in [-0.2, 0) is 13.6 Å². The highest BCUT2D eigenvalue weighted by atomic mass is 19.1. The Labute approximate surface area is 231 Å². The first kappa shape index (κ1) is 25.9. The van der Waals surface area contributed by atoms with E-state index >= 15 is 0 Å². The van der Waals surface area contributed by atoms with E-state index < -0.39 is 11.6 Å². The summed E-state index contributed by atoms with van der Waals surface area (Å²) in [5.74, 6) is -0.708. The van der Waals surface area contributed by atoms with Crippen LogP contribution in [0.15, 0.2) is 73.1 Å². The van der Waals surface area contributed by atoms with Gasteiger partial charge < -0.3 is 9.88 Å². The normalized spacial score (nSPS) is 15.1. The number of benzene rings is 2. The molecule has 0 aliphatic heterocycles. The first-order valence-electron chi connectivity index (χ1n) is 13.4. The van der Waals surface area contributed by atoms with Crippen LogP contribution in [0.5, 0.6) is 0 Å². The van der Waals surface area contributed by atoms with Gasteiger partial charge in [-0.2, -0.15) is 5.10 Å². The van der Waals surface area contributed by atoms with Gasteiger partial charge in [0.1, 0.15) is 11.6 Å². The molecule has 5 aromatic rings. The van der Waals surface area contributed by atoms with Gasteiger partial charge in [-0.1, -0.05) is 19.9 Å². The number of nitrogens with one attached hydrogen (secondary N) is 1. The van der Waals surface area contributed by atoms with Crippen molar-refractivity contribution < 1.29 is 8.78 Å². The molecule has 0 saturated heterocycles. The highest BCUT2D eigenvalue weighted by molar-refractivity contribution is 5.82. The van der Waals surface area contributed by atoms with Gasteiger partial charge in [-0.05, 0) is 71.2 Å². The SMILES string of the molecule is Cn1cc(-c2cnc(N(CC3=C(c4ccc5nc[nH]c5c4)CCC(C)(C)C3)Cc3cc(F)cc(F)c3)nc2)cn1. The Morgan fingerprint density at radius 2 is 1.70 bits per heavy atom. The lowest BCUT2D eigenvalue weighted by atomic mass is 9.72. The Morgan fingerprint density at radius 3 is 2.42 bits per heavy atom. The van der Waals surface area contributed by atoms with Crippen LogP contribution in [0.3, 0.4) is 0 Å². The molecule has 0 amide bonds. The lowest BCUT2D eigenvalue weighted by molar-refractivity contribution is 0.322. The summed E-state index contributed by atoms with van der Waals surface area (Å²) in [6, 6.07) is 9.95. The van der Waals surface area contributed by atoms with Gasteiger partial charge in [0.05, 0.1) is 23.6 Å². The number of aromatic nitrogens is 6. The van der Waals surface area contributed by atoms with E-state index in [4.69, 9.17) is 9.97 Å². The van der Waals surface area contributed by atoms with Crippen molar-refractivity contribution in [3.63, 3.8) is 0 Å². The van der Waals surface area contributed by atoms with Crippen molar-refractivity contribution in [3.8, 4) is 11.1 Å². The summed E-state index contributed by atoms with van der Waals surface area (Å²) < 4.78 is 30.0. The first-order chi connectivity index (χ1) is 19.2. The molecule has 0 spiro atoms. The van der Waals surface area contributed by atoms with E-state index in [1.165, 1.54) is 23.3 Å². The van der Waals surface area contributed by atoms with Crippen molar-refractivity contribution in [1.82, 2.24) is 29.7 Å². The Balaban J connectivity index is 1.40. The van der Waals surface area contributed by atoms with E-state index in [1.807, 2.05) is 24.2 Å². The molecule has 0 unspecified atom stereocenters. The predicted octanol–water partition coefficient (Wildman–Crippen LogP) is 6.70. The maximum Gasteiger partial charge on any atom is 0.225 e. The van der Waals surface area contributed by atoms with Crippen molar-refractivity contribution in [3.05, 3.63) is 95.8 Å². The lowest BCUT2D eigenvalue weighted by Crippen LogP contribution is -2.31. The number of aromatic amines is 1. The summed E-state index contributed by atoms with van der Waals surface area (Å²) >= 11 is 0. The van der Waals surface area contributed by atoms with Crippen LogP contribution in [0, 0.1) is 17.0 Å². The fourth-order valence-electron chi connectivity index (χ4n) is 5.59. The predicted molar refractivity (Wildman–Crippen MR) is 152 cm³/mol. The fourth-order valence-corrected chi connectivity index (χ4v) is 5.59. The van der Waals surface area contributed by atoms with Gasteiger partial charge in [0, 0.05) is 55.9 Å².